The molecule has 100 valence electrons. The van der Waals surface area contributed by atoms with E-state index >= 15 is 0 Å². The van der Waals surface area contributed by atoms with Crippen LogP contribution in [0.2, 0.25) is 0 Å². The van der Waals surface area contributed by atoms with Gasteiger partial charge in [-0.1, -0.05) is 0 Å². The highest BCUT2D eigenvalue weighted by molar-refractivity contribution is 9.10. The number of benzene rings is 1. The summed E-state index contributed by atoms with van der Waals surface area (Å²) in [6.45, 7) is 0. The molecule has 0 atom stereocenters. The van der Waals surface area contributed by atoms with E-state index in [-0.39, 0.29) is 10.8 Å². The van der Waals surface area contributed by atoms with Crippen molar-refractivity contribution in [2.45, 2.75) is 4.90 Å². The molecule has 0 saturated carbocycles. The molecule has 19 heavy (non-hydrogen) atoms. The fourth-order valence-electron chi connectivity index (χ4n) is 1.37. The lowest BCUT2D eigenvalue weighted by molar-refractivity contribution is 0.103. The number of thiophene rings is 1. The molecule has 0 aliphatic carbocycles. The largest absolute Gasteiger partial charge is 0.321 e. The molecule has 2 aromatic rings. The topological polar surface area (TPSA) is 89.3 Å². The number of rotatable bonds is 3. The lowest BCUT2D eigenvalue weighted by Gasteiger charge is -2.05. The quantitative estimate of drug-likeness (QED) is 0.880. The summed E-state index contributed by atoms with van der Waals surface area (Å²) in [5, 5.41) is 9.45. The first-order chi connectivity index (χ1) is 8.88. The normalized spacial score (nSPS) is 11.3. The number of anilines is 1. The number of hydrogen-bond acceptors (Lipinski definition) is 4. The number of nitrogens with one attached hydrogen (secondary N) is 1. The highest BCUT2D eigenvalue weighted by Crippen LogP contribution is 2.24. The number of hydrogen-bond donors (Lipinski definition) is 2. The number of carbonyl (C=O) groups is 1. The van der Waals surface area contributed by atoms with Crippen LogP contribution in [0.3, 0.4) is 0 Å². The van der Waals surface area contributed by atoms with Crippen LogP contribution < -0.4 is 10.5 Å². The lowest BCUT2D eigenvalue weighted by atomic mass is 10.3. The van der Waals surface area contributed by atoms with Gasteiger partial charge in [-0.2, -0.15) is 0 Å². The SMILES string of the molecule is NS(=O)(=O)c1ccc(NC(=O)c2sccc2Br)cc1. The van der Waals surface area contributed by atoms with Gasteiger partial charge in [-0.05, 0) is 51.6 Å². The molecule has 5 nitrogen and oxygen atoms in total. The van der Waals surface area contributed by atoms with Gasteiger partial charge in [0.25, 0.3) is 5.91 Å². The second kappa shape index (κ2) is 5.41. The van der Waals surface area contributed by atoms with E-state index < -0.39 is 10.0 Å². The van der Waals surface area contributed by atoms with Crippen molar-refractivity contribution in [1.29, 1.82) is 0 Å². The molecule has 1 aromatic heterocycles. The molecule has 8 heteroatoms. The van der Waals surface area contributed by atoms with Gasteiger partial charge in [0.2, 0.25) is 10.0 Å². The summed E-state index contributed by atoms with van der Waals surface area (Å²) in [5.74, 6) is -0.259. The van der Waals surface area contributed by atoms with Crippen molar-refractivity contribution >= 4 is 48.9 Å². The molecule has 3 N–H and O–H groups in total. The molecule has 0 unspecified atom stereocenters. The van der Waals surface area contributed by atoms with E-state index in [0.29, 0.717) is 10.6 Å². The average molecular weight is 361 g/mol. The minimum absolute atomic E-state index is 0.00260. The Bertz CT molecular complexity index is 708. The first-order valence-electron chi connectivity index (χ1n) is 5.05. The molecule has 1 heterocycles. The van der Waals surface area contributed by atoms with E-state index in [4.69, 9.17) is 5.14 Å². The van der Waals surface area contributed by atoms with Crippen LogP contribution >= 0.6 is 27.3 Å². The summed E-state index contributed by atoms with van der Waals surface area (Å²) < 4.78 is 22.9. The average Bonchev–Trinajstić information content (AvgIpc) is 2.75. The maximum absolute atomic E-state index is 11.9. The summed E-state index contributed by atoms with van der Waals surface area (Å²) in [6.07, 6.45) is 0. The Morgan fingerprint density at radius 3 is 2.32 bits per heavy atom. The van der Waals surface area contributed by atoms with E-state index in [2.05, 4.69) is 21.2 Å². The minimum atomic E-state index is -3.72. The fraction of sp³-hybridized carbons (Fsp3) is 0. The molecular formula is C11H9BrN2O3S2. The fourth-order valence-corrected chi connectivity index (χ4v) is 3.33. The Hall–Kier alpha value is -1.22. The van der Waals surface area contributed by atoms with Gasteiger partial charge in [0.15, 0.2) is 0 Å². The van der Waals surface area contributed by atoms with Crippen LogP contribution in [0.1, 0.15) is 9.67 Å². The van der Waals surface area contributed by atoms with Crippen molar-refractivity contribution in [3.8, 4) is 0 Å². The minimum Gasteiger partial charge on any atom is -0.321 e. The van der Waals surface area contributed by atoms with Gasteiger partial charge in [0.05, 0.1) is 4.90 Å². The molecule has 1 amide bonds. The van der Waals surface area contributed by atoms with Crippen LogP contribution in [-0.4, -0.2) is 14.3 Å². The predicted octanol–water partition coefficient (Wildman–Crippen LogP) is 2.41. The standard InChI is InChI=1S/C11H9BrN2O3S2/c12-9-5-6-18-10(9)11(15)14-7-1-3-8(4-2-7)19(13,16)17/h1-6H,(H,14,15)(H2,13,16,17). The summed E-state index contributed by atoms with van der Waals surface area (Å²) in [4.78, 5) is 12.5. The molecular weight excluding hydrogens is 352 g/mol. The van der Waals surface area contributed by atoms with E-state index in [9.17, 15) is 13.2 Å². The molecule has 0 aliphatic rings. The third kappa shape index (κ3) is 3.41. The Morgan fingerprint density at radius 2 is 1.84 bits per heavy atom. The first-order valence-corrected chi connectivity index (χ1v) is 8.27. The number of nitrogens with two attached hydrogens (primary N) is 1. The van der Waals surface area contributed by atoms with Gasteiger partial charge in [0.1, 0.15) is 4.88 Å². The van der Waals surface area contributed by atoms with Gasteiger partial charge in [-0.25, -0.2) is 13.6 Å². The second-order valence-electron chi connectivity index (χ2n) is 3.62. The van der Waals surface area contributed by atoms with E-state index in [1.165, 1.54) is 35.6 Å². The van der Waals surface area contributed by atoms with Crippen LogP contribution in [0.5, 0.6) is 0 Å². The predicted molar refractivity (Wildman–Crippen MR) is 77.8 cm³/mol. The number of carbonyl (C=O) groups excluding carboxylic acids is 1. The highest BCUT2D eigenvalue weighted by Gasteiger charge is 2.12. The molecule has 1 aromatic carbocycles. The monoisotopic (exact) mass is 360 g/mol. The number of primary sulfonamides is 1. The Morgan fingerprint density at radius 1 is 1.21 bits per heavy atom. The number of amides is 1. The summed E-state index contributed by atoms with van der Waals surface area (Å²) >= 11 is 4.58. The molecule has 0 aliphatic heterocycles. The third-order valence-electron chi connectivity index (χ3n) is 2.26. The second-order valence-corrected chi connectivity index (χ2v) is 6.95. The van der Waals surface area contributed by atoms with Crippen LogP contribution in [-0.2, 0) is 10.0 Å². The van der Waals surface area contributed by atoms with Gasteiger partial charge in [-0.15, -0.1) is 11.3 Å². The molecule has 0 saturated heterocycles. The van der Waals surface area contributed by atoms with Crippen molar-refractivity contribution in [2.24, 2.45) is 5.14 Å². The number of sulfonamides is 1. The summed E-state index contributed by atoms with van der Waals surface area (Å²) in [6, 6.07) is 7.44. The third-order valence-corrected chi connectivity index (χ3v) is 5.03. The van der Waals surface area contributed by atoms with Crippen molar-refractivity contribution in [3.05, 3.63) is 45.1 Å². The van der Waals surface area contributed by atoms with Crippen LogP contribution in [0, 0.1) is 0 Å². The zero-order valence-electron chi connectivity index (χ0n) is 9.46. The van der Waals surface area contributed by atoms with Gasteiger partial charge in [0, 0.05) is 10.2 Å². The van der Waals surface area contributed by atoms with Crippen molar-refractivity contribution in [1.82, 2.24) is 0 Å². The molecule has 0 radical (unpaired) electrons. The van der Waals surface area contributed by atoms with E-state index in [1.54, 1.807) is 11.4 Å². The Balaban J connectivity index is 2.17. The lowest BCUT2D eigenvalue weighted by Crippen LogP contribution is -2.13. The zero-order chi connectivity index (χ0) is 14.0. The molecule has 0 fully saturated rings. The molecule has 0 spiro atoms. The highest BCUT2D eigenvalue weighted by atomic mass is 79.9. The van der Waals surface area contributed by atoms with Crippen molar-refractivity contribution in [3.63, 3.8) is 0 Å². The first kappa shape index (κ1) is 14.2. The van der Waals surface area contributed by atoms with Crippen molar-refractivity contribution < 1.29 is 13.2 Å². The van der Waals surface area contributed by atoms with E-state index in [0.717, 1.165) is 4.47 Å². The van der Waals surface area contributed by atoms with Crippen molar-refractivity contribution in [2.75, 3.05) is 5.32 Å². The summed E-state index contributed by atoms with van der Waals surface area (Å²) in [5.41, 5.74) is 0.498. The van der Waals surface area contributed by atoms with E-state index in [1.807, 2.05) is 0 Å². The maximum atomic E-state index is 11.9. The van der Waals surface area contributed by atoms with Crippen LogP contribution in [0.15, 0.2) is 45.1 Å². The van der Waals surface area contributed by atoms with Gasteiger partial charge in [-0.3, -0.25) is 4.79 Å². The molecule has 0 bridgehead atoms. The smallest absolute Gasteiger partial charge is 0.266 e. The number of halogens is 1. The van der Waals surface area contributed by atoms with Crippen LogP contribution in [0.4, 0.5) is 5.69 Å². The summed E-state index contributed by atoms with van der Waals surface area (Å²) in [7, 11) is -3.72. The molecule has 2 rings (SSSR count). The van der Waals surface area contributed by atoms with Gasteiger partial charge >= 0.3 is 0 Å². The van der Waals surface area contributed by atoms with Gasteiger partial charge < -0.3 is 5.32 Å². The zero-order valence-corrected chi connectivity index (χ0v) is 12.7. The maximum Gasteiger partial charge on any atom is 0.266 e. The Labute approximate surface area is 122 Å². The Kier molecular flexibility index (Phi) is 4.04. The van der Waals surface area contributed by atoms with Crippen LogP contribution in [0.25, 0.3) is 0 Å².